The van der Waals surface area contributed by atoms with E-state index in [0.717, 1.165) is 12.3 Å². The largest absolute Gasteiger partial charge is 0.460 e. The Balaban J connectivity index is 2.31. The van der Waals surface area contributed by atoms with Gasteiger partial charge in [-0.1, -0.05) is 18.5 Å². The molecule has 1 N–H and O–H groups in total. The second-order valence-electron chi connectivity index (χ2n) is 3.77. The van der Waals surface area contributed by atoms with Crippen molar-refractivity contribution in [3.8, 4) is 11.3 Å². The predicted molar refractivity (Wildman–Crippen MR) is 74.2 cm³/mol. The van der Waals surface area contributed by atoms with E-state index in [0.29, 0.717) is 22.3 Å². The molecule has 96 valence electrons. The molecule has 0 amide bonds. The average molecular weight is 333 g/mol. The van der Waals surface area contributed by atoms with E-state index < -0.39 is 5.82 Å². The lowest BCUT2D eigenvalue weighted by atomic mass is 10.1. The highest BCUT2D eigenvalue weighted by atomic mass is 79.9. The van der Waals surface area contributed by atoms with Crippen molar-refractivity contribution in [1.82, 2.24) is 5.32 Å². The maximum Gasteiger partial charge on any atom is 0.153 e. The number of benzene rings is 1. The van der Waals surface area contributed by atoms with Gasteiger partial charge in [0.05, 0.1) is 17.1 Å². The zero-order chi connectivity index (χ0) is 13.1. The Labute approximate surface area is 118 Å². The zero-order valence-electron chi connectivity index (χ0n) is 9.77. The minimum Gasteiger partial charge on any atom is -0.460 e. The van der Waals surface area contributed by atoms with Crippen LogP contribution in [0.3, 0.4) is 0 Å². The molecule has 0 spiro atoms. The van der Waals surface area contributed by atoms with Gasteiger partial charge < -0.3 is 9.73 Å². The van der Waals surface area contributed by atoms with Crippen molar-refractivity contribution in [2.75, 3.05) is 6.54 Å². The van der Waals surface area contributed by atoms with Crippen molar-refractivity contribution in [3.05, 3.63) is 45.3 Å². The Hall–Kier alpha value is -0.840. The number of nitrogens with one attached hydrogen (secondary N) is 1. The quantitative estimate of drug-likeness (QED) is 0.827. The standard InChI is InChI=1S/C13H12BrClFNO/c1-2-17-7-8-3-6-11(18-8)9-4-5-10(14)12(15)13(9)16/h3-6,17H,2,7H2,1H3. The Morgan fingerprint density at radius 1 is 1.33 bits per heavy atom. The first-order valence-corrected chi connectivity index (χ1v) is 6.74. The SMILES string of the molecule is CCNCc1ccc(-c2ccc(Br)c(Cl)c2F)o1. The van der Waals surface area contributed by atoms with Gasteiger partial charge >= 0.3 is 0 Å². The van der Waals surface area contributed by atoms with Crippen LogP contribution in [0.5, 0.6) is 0 Å². The summed E-state index contributed by atoms with van der Waals surface area (Å²) in [7, 11) is 0. The second kappa shape index (κ2) is 5.87. The topological polar surface area (TPSA) is 25.2 Å². The Kier molecular flexibility index (Phi) is 4.43. The molecule has 0 saturated carbocycles. The molecule has 2 aromatic rings. The van der Waals surface area contributed by atoms with Crippen LogP contribution in [0.1, 0.15) is 12.7 Å². The van der Waals surface area contributed by atoms with Crippen LogP contribution in [-0.4, -0.2) is 6.54 Å². The smallest absolute Gasteiger partial charge is 0.153 e. The molecule has 0 fully saturated rings. The third kappa shape index (κ3) is 2.76. The van der Waals surface area contributed by atoms with E-state index in [1.165, 1.54) is 0 Å². The van der Waals surface area contributed by atoms with Crippen LogP contribution >= 0.6 is 27.5 Å². The van der Waals surface area contributed by atoms with E-state index in [-0.39, 0.29) is 5.02 Å². The van der Waals surface area contributed by atoms with Crippen LogP contribution in [0.25, 0.3) is 11.3 Å². The molecule has 1 heterocycles. The minimum absolute atomic E-state index is 0.0668. The van der Waals surface area contributed by atoms with Crippen molar-refractivity contribution in [3.63, 3.8) is 0 Å². The monoisotopic (exact) mass is 331 g/mol. The number of hydrogen-bond acceptors (Lipinski definition) is 2. The van der Waals surface area contributed by atoms with E-state index in [2.05, 4.69) is 21.2 Å². The first kappa shape index (κ1) is 13.6. The minimum atomic E-state index is -0.476. The Morgan fingerprint density at radius 3 is 2.83 bits per heavy atom. The summed E-state index contributed by atoms with van der Waals surface area (Å²) in [4.78, 5) is 0. The van der Waals surface area contributed by atoms with E-state index >= 15 is 0 Å². The molecular formula is C13H12BrClFNO. The maximum atomic E-state index is 14.0. The summed E-state index contributed by atoms with van der Waals surface area (Å²) in [5.41, 5.74) is 0.367. The van der Waals surface area contributed by atoms with Gasteiger partial charge in [-0.15, -0.1) is 0 Å². The molecule has 0 atom stereocenters. The summed E-state index contributed by atoms with van der Waals surface area (Å²) >= 11 is 9.03. The van der Waals surface area contributed by atoms with E-state index in [4.69, 9.17) is 16.0 Å². The lowest BCUT2D eigenvalue weighted by Crippen LogP contribution is -2.10. The van der Waals surface area contributed by atoms with Crippen LogP contribution in [0.15, 0.2) is 33.2 Å². The number of rotatable bonds is 4. The van der Waals surface area contributed by atoms with Gasteiger partial charge in [0, 0.05) is 4.47 Å². The number of halogens is 3. The molecule has 0 radical (unpaired) electrons. The molecular weight excluding hydrogens is 321 g/mol. The lowest BCUT2D eigenvalue weighted by molar-refractivity contribution is 0.495. The lowest BCUT2D eigenvalue weighted by Gasteiger charge is -2.03. The summed E-state index contributed by atoms with van der Waals surface area (Å²) in [5, 5.41) is 3.21. The molecule has 1 aromatic heterocycles. The fourth-order valence-corrected chi connectivity index (χ4v) is 2.05. The van der Waals surface area contributed by atoms with E-state index in [1.807, 2.05) is 13.0 Å². The molecule has 0 unspecified atom stereocenters. The van der Waals surface area contributed by atoms with E-state index in [9.17, 15) is 4.39 Å². The molecule has 18 heavy (non-hydrogen) atoms. The van der Waals surface area contributed by atoms with Crippen molar-refractivity contribution in [2.45, 2.75) is 13.5 Å². The second-order valence-corrected chi connectivity index (χ2v) is 5.00. The fourth-order valence-electron chi connectivity index (χ4n) is 1.58. The van der Waals surface area contributed by atoms with Crippen molar-refractivity contribution < 1.29 is 8.81 Å². The number of furan rings is 1. The van der Waals surface area contributed by atoms with Crippen LogP contribution < -0.4 is 5.32 Å². The summed E-state index contributed by atoms with van der Waals surface area (Å²) in [6, 6.07) is 6.91. The summed E-state index contributed by atoms with van der Waals surface area (Å²) in [6.07, 6.45) is 0. The van der Waals surface area contributed by atoms with Crippen molar-refractivity contribution >= 4 is 27.5 Å². The van der Waals surface area contributed by atoms with Gasteiger partial charge in [0.2, 0.25) is 0 Å². The molecule has 1 aromatic carbocycles. The zero-order valence-corrected chi connectivity index (χ0v) is 12.1. The van der Waals surface area contributed by atoms with Gasteiger partial charge in [-0.05, 0) is 46.7 Å². The highest BCUT2D eigenvalue weighted by molar-refractivity contribution is 9.10. The summed E-state index contributed by atoms with van der Waals surface area (Å²) in [6.45, 7) is 3.49. The molecule has 0 aliphatic heterocycles. The van der Waals surface area contributed by atoms with Crippen molar-refractivity contribution in [1.29, 1.82) is 0 Å². The Morgan fingerprint density at radius 2 is 2.11 bits per heavy atom. The molecule has 0 aliphatic carbocycles. The molecule has 0 bridgehead atoms. The third-order valence-corrected chi connectivity index (χ3v) is 3.77. The fraction of sp³-hybridized carbons (Fsp3) is 0.231. The molecule has 5 heteroatoms. The van der Waals surface area contributed by atoms with Gasteiger partial charge in [0.1, 0.15) is 11.5 Å². The summed E-state index contributed by atoms with van der Waals surface area (Å²) in [5.74, 6) is 0.774. The first-order valence-electron chi connectivity index (χ1n) is 5.56. The van der Waals surface area contributed by atoms with Gasteiger partial charge in [-0.3, -0.25) is 0 Å². The van der Waals surface area contributed by atoms with Crippen LogP contribution in [0.2, 0.25) is 5.02 Å². The highest BCUT2D eigenvalue weighted by Gasteiger charge is 2.14. The van der Waals surface area contributed by atoms with Crippen LogP contribution in [-0.2, 0) is 6.54 Å². The van der Waals surface area contributed by atoms with Crippen LogP contribution in [0, 0.1) is 5.82 Å². The molecule has 0 saturated heterocycles. The molecule has 0 aliphatic rings. The Bertz CT molecular complexity index is 556. The first-order chi connectivity index (χ1) is 8.63. The highest BCUT2D eigenvalue weighted by Crippen LogP contribution is 2.33. The van der Waals surface area contributed by atoms with Crippen LogP contribution in [0.4, 0.5) is 4.39 Å². The summed E-state index contributed by atoms with van der Waals surface area (Å²) < 4.78 is 20.1. The van der Waals surface area contributed by atoms with Gasteiger partial charge in [-0.25, -0.2) is 4.39 Å². The molecule has 2 rings (SSSR count). The molecule has 2 nitrogen and oxygen atoms in total. The normalized spacial score (nSPS) is 10.9. The predicted octanol–water partition coefficient (Wildman–Crippen LogP) is 4.61. The van der Waals surface area contributed by atoms with E-state index in [1.54, 1.807) is 18.2 Å². The average Bonchev–Trinajstić information content (AvgIpc) is 2.82. The maximum absolute atomic E-state index is 14.0. The van der Waals surface area contributed by atoms with Gasteiger partial charge in [-0.2, -0.15) is 0 Å². The number of hydrogen-bond donors (Lipinski definition) is 1. The third-order valence-electron chi connectivity index (χ3n) is 2.51. The van der Waals surface area contributed by atoms with Gasteiger partial charge in [0.15, 0.2) is 5.82 Å². The van der Waals surface area contributed by atoms with Gasteiger partial charge in [0.25, 0.3) is 0 Å². The van der Waals surface area contributed by atoms with Crippen molar-refractivity contribution in [2.24, 2.45) is 0 Å².